The summed E-state index contributed by atoms with van der Waals surface area (Å²) in [6.07, 6.45) is 0. The average molecular weight is 257 g/mol. The highest BCUT2D eigenvalue weighted by atomic mass is 16.5. The van der Waals surface area contributed by atoms with E-state index in [2.05, 4.69) is 12.2 Å². The Kier molecular flexibility index (Phi) is 4.42. The van der Waals surface area contributed by atoms with Crippen molar-refractivity contribution in [2.75, 3.05) is 7.11 Å². The predicted octanol–water partition coefficient (Wildman–Crippen LogP) is 3.25. The van der Waals surface area contributed by atoms with E-state index in [0.29, 0.717) is 12.3 Å². The molecule has 3 heteroatoms. The zero-order chi connectivity index (χ0) is 13.7. The number of phenolic OH excluding ortho intramolecular Hbond substituents is 1. The van der Waals surface area contributed by atoms with Crippen LogP contribution in [0.3, 0.4) is 0 Å². The van der Waals surface area contributed by atoms with E-state index in [9.17, 15) is 5.11 Å². The number of phenols is 1. The van der Waals surface area contributed by atoms with Crippen LogP contribution in [0.4, 0.5) is 0 Å². The van der Waals surface area contributed by atoms with E-state index in [4.69, 9.17) is 4.74 Å². The topological polar surface area (TPSA) is 41.5 Å². The Balaban J connectivity index is 1.97. The molecule has 0 saturated heterocycles. The Bertz CT molecular complexity index is 523. The lowest BCUT2D eigenvalue weighted by Gasteiger charge is -2.15. The van der Waals surface area contributed by atoms with E-state index >= 15 is 0 Å². The molecule has 0 spiro atoms. The van der Waals surface area contributed by atoms with Crippen molar-refractivity contribution in [1.29, 1.82) is 0 Å². The van der Waals surface area contributed by atoms with Crippen molar-refractivity contribution in [3.05, 3.63) is 59.7 Å². The van der Waals surface area contributed by atoms with Crippen molar-refractivity contribution in [3.8, 4) is 11.5 Å². The maximum Gasteiger partial charge on any atom is 0.120 e. The van der Waals surface area contributed by atoms with Gasteiger partial charge in [-0.3, -0.25) is 0 Å². The quantitative estimate of drug-likeness (QED) is 0.864. The molecule has 2 rings (SSSR count). The molecule has 0 bridgehead atoms. The fraction of sp³-hybridized carbons (Fsp3) is 0.250. The fourth-order valence-corrected chi connectivity index (χ4v) is 1.93. The molecular formula is C16H19NO2. The molecule has 0 fully saturated rings. The summed E-state index contributed by atoms with van der Waals surface area (Å²) < 4.78 is 5.14. The van der Waals surface area contributed by atoms with Crippen LogP contribution in [0.2, 0.25) is 0 Å². The highest BCUT2D eigenvalue weighted by molar-refractivity contribution is 5.32. The van der Waals surface area contributed by atoms with Crippen molar-refractivity contribution >= 4 is 0 Å². The summed E-state index contributed by atoms with van der Waals surface area (Å²) in [4.78, 5) is 0. The van der Waals surface area contributed by atoms with Crippen LogP contribution in [0.15, 0.2) is 48.5 Å². The number of nitrogens with one attached hydrogen (secondary N) is 1. The summed E-state index contributed by atoms with van der Waals surface area (Å²) in [5.74, 6) is 1.19. The van der Waals surface area contributed by atoms with Crippen molar-refractivity contribution in [1.82, 2.24) is 5.32 Å². The molecule has 1 atom stereocenters. The SMILES string of the molecule is COc1ccc(C(C)NCc2ccccc2O)cc1. The average Bonchev–Trinajstić information content (AvgIpc) is 2.46. The lowest BCUT2D eigenvalue weighted by molar-refractivity contribution is 0.414. The minimum atomic E-state index is 0.213. The van der Waals surface area contributed by atoms with E-state index < -0.39 is 0 Å². The maximum atomic E-state index is 9.71. The van der Waals surface area contributed by atoms with E-state index in [1.807, 2.05) is 42.5 Å². The van der Waals surface area contributed by atoms with Gasteiger partial charge in [-0.25, -0.2) is 0 Å². The number of benzene rings is 2. The second-order valence-electron chi connectivity index (χ2n) is 4.50. The van der Waals surface area contributed by atoms with Gasteiger partial charge in [-0.15, -0.1) is 0 Å². The first-order chi connectivity index (χ1) is 9.20. The Morgan fingerprint density at radius 2 is 1.79 bits per heavy atom. The molecule has 0 aliphatic carbocycles. The Hall–Kier alpha value is -2.00. The molecule has 0 aliphatic heterocycles. The predicted molar refractivity (Wildman–Crippen MR) is 76.4 cm³/mol. The fourth-order valence-electron chi connectivity index (χ4n) is 1.93. The lowest BCUT2D eigenvalue weighted by Crippen LogP contribution is -2.18. The number of rotatable bonds is 5. The van der Waals surface area contributed by atoms with Crippen LogP contribution in [0.1, 0.15) is 24.1 Å². The summed E-state index contributed by atoms with van der Waals surface area (Å²) >= 11 is 0. The zero-order valence-electron chi connectivity index (χ0n) is 11.3. The van der Waals surface area contributed by atoms with Crippen molar-refractivity contribution in [2.24, 2.45) is 0 Å². The van der Waals surface area contributed by atoms with Crippen LogP contribution in [0.25, 0.3) is 0 Å². The van der Waals surface area contributed by atoms with Crippen LogP contribution in [-0.4, -0.2) is 12.2 Å². The summed E-state index contributed by atoms with van der Waals surface area (Å²) in [6.45, 7) is 2.74. The van der Waals surface area contributed by atoms with Crippen LogP contribution < -0.4 is 10.1 Å². The van der Waals surface area contributed by atoms with Gasteiger partial charge >= 0.3 is 0 Å². The van der Waals surface area contributed by atoms with Gasteiger partial charge in [-0.2, -0.15) is 0 Å². The number of aromatic hydroxyl groups is 1. The molecule has 2 N–H and O–H groups in total. The molecule has 0 radical (unpaired) electrons. The standard InChI is InChI=1S/C16H19NO2/c1-12(13-7-9-15(19-2)10-8-13)17-11-14-5-3-4-6-16(14)18/h3-10,12,17-18H,11H2,1-2H3. The summed E-state index contributed by atoms with van der Waals surface area (Å²) in [6, 6.07) is 15.6. The zero-order valence-corrected chi connectivity index (χ0v) is 11.3. The first-order valence-corrected chi connectivity index (χ1v) is 6.35. The highest BCUT2D eigenvalue weighted by Gasteiger charge is 2.06. The Labute approximate surface area is 113 Å². The first-order valence-electron chi connectivity index (χ1n) is 6.35. The van der Waals surface area contributed by atoms with Crippen molar-refractivity contribution < 1.29 is 9.84 Å². The van der Waals surface area contributed by atoms with E-state index in [1.54, 1.807) is 13.2 Å². The molecular weight excluding hydrogens is 238 g/mol. The monoisotopic (exact) mass is 257 g/mol. The van der Waals surface area contributed by atoms with Crippen LogP contribution in [-0.2, 0) is 6.54 Å². The smallest absolute Gasteiger partial charge is 0.120 e. The van der Waals surface area contributed by atoms with E-state index in [1.165, 1.54) is 5.56 Å². The molecule has 2 aromatic carbocycles. The van der Waals surface area contributed by atoms with Gasteiger partial charge in [-0.1, -0.05) is 30.3 Å². The summed E-state index contributed by atoms with van der Waals surface area (Å²) in [5.41, 5.74) is 2.10. The van der Waals surface area contributed by atoms with Gasteiger partial charge in [0.15, 0.2) is 0 Å². The number of hydrogen-bond donors (Lipinski definition) is 2. The largest absolute Gasteiger partial charge is 0.508 e. The van der Waals surface area contributed by atoms with Crippen LogP contribution in [0, 0.1) is 0 Å². The first kappa shape index (κ1) is 13.4. The third-order valence-corrected chi connectivity index (χ3v) is 3.21. The second kappa shape index (κ2) is 6.25. The van der Waals surface area contributed by atoms with Gasteiger partial charge in [-0.05, 0) is 30.7 Å². The van der Waals surface area contributed by atoms with Crippen molar-refractivity contribution in [2.45, 2.75) is 19.5 Å². The third kappa shape index (κ3) is 3.48. The molecule has 0 saturated carbocycles. The summed E-state index contributed by atoms with van der Waals surface area (Å²) in [5, 5.41) is 13.1. The number of ether oxygens (including phenoxy) is 1. The van der Waals surface area contributed by atoms with Crippen LogP contribution in [0.5, 0.6) is 11.5 Å². The molecule has 100 valence electrons. The molecule has 0 aliphatic rings. The molecule has 0 amide bonds. The van der Waals surface area contributed by atoms with Gasteiger partial charge in [0.1, 0.15) is 11.5 Å². The Morgan fingerprint density at radius 1 is 1.11 bits per heavy atom. The van der Waals surface area contributed by atoms with E-state index in [0.717, 1.165) is 11.3 Å². The minimum absolute atomic E-state index is 0.213. The molecule has 1 unspecified atom stereocenters. The molecule has 2 aromatic rings. The van der Waals surface area contributed by atoms with Gasteiger partial charge < -0.3 is 15.2 Å². The third-order valence-electron chi connectivity index (χ3n) is 3.21. The molecule has 0 aromatic heterocycles. The van der Waals surface area contributed by atoms with Gasteiger partial charge in [0.05, 0.1) is 7.11 Å². The van der Waals surface area contributed by atoms with Crippen LogP contribution >= 0.6 is 0 Å². The van der Waals surface area contributed by atoms with Gasteiger partial charge in [0.2, 0.25) is 0 Å². The Morgan fingerprint density at radius 3 is 2.42 bits per heavy atom. The highest BCUT2D eigenvalue weighted by Crippen LogP contribution is 2.19. The molecule has 3 nitrogen and oxygen atoms in total. The number of hydrogen-bond acceptors (Lipinski definition) is 3. The summed E-state index contributed by atoms with van der Waals surface area (Å²) in [7, 11) is 1.66. The van der Waals surface area contributed by atoms with Gasteiger partial charge in [0, 0.05) is 18.2 Å². The second-order valence-corrected chi connectivity index (χ2v) is 4.50. The lowest BCUT2D eigenvalue weighted by atomic mass is 10.1. The minimum Gasteiger partial charge on any atom is -0.508 e. The van der Waals surface area contributed by atoms with Crippen molar-refractivity contribution in [3.63, 3.8) is 0 Å². The number of methoxy groups -OCH3 is 1. The van der Waals surface area contributed by atoms with E-state index in [-0.39, 0.29) is 6.04 Å². The number of para-hydroxylation sites is 1. The maximum absolute atomic E-state index is 9.71. The molecule has 19 heavy (non-hydrogen) atoms. The molecule has 0 heterocycles. The van der Waals surface area contributed by atoms with Gasteiger partial charge in [0.25, 0.3) is 0 Å². The normalized spacial score (nSPS) is 12.1.